The van der Waals surface area contributed by atoms with Gasteiger partial charge in [0.2, 0.25) is 0 Å². The summed E-state index contributed by atoms with van der Waals surface area (Å²) in [6, 6.07) is 9.15. The summed E-state index contributed by atoms with van der Waals surface area (Å²) in [5, 5.41) is 9.40. The molecule has 0 bridgehead atoms. The monoisotopic (exact) mass is 366 g/mol. The number of imide groups is 1. The third-order valence-electron chi connectivity index (χ3n) is 4.76. The van der Waals surface area contributed by atoms with Crippen LogP contribution >= 0.6 is 0 Å². The van der Waals surface area contributed by atoms with Gasteiger partial charge in [-0.05, 0) is 56.0 Å². The molecule has 2 rings (SSSR count). The van der Waals surface area contributed by atoms with Crippen LogP contribution in [0.3, 0.4) is 0 Å². The molecule has 1 atom stereocenters. The number of unbranched alkanes of at least 4 members (excludes halogenated alkanes) is 1. The highest BCUT2D eigenvalue weighted by Gasteiger charge is 2.37. The number of rotatable bonds is 7. The van der Waals surface area contributed by atoms with Crippen LogP contribution in [0, 0.1) is 11.3 Å². The minimum absolute atomic E-state index is 0.0284. The quantitative estimate of drug-likeness (QED) is 0.411. The van der Waals surface area contributed by atoms with Crippen molar-refractivity contribution in [1.29, 1.82) is 5.26 Å². The smallest absolute Gasteiger partial charge is 0.271 e. The molecule has 27 heavy (non-hydrogen) atoms. The molecule has 1 aromatic carbocycles. The van der Waals surface area contributed by atoms with Crippen LogP contribution in [0.5, 0.6) is 5.75 Å². The summed E-state index contributed by atoms with van der Waals surface area (Å²) in [4.78, 5) is 26.6. The molecule has 1 unspecified atom stereocenters. The molecule has 0 aromatic heterocycles. The molecule has 1 aliphatic heterocycles. The van der Waals surface area contributed by atoms with Gasteiger partial charge in [0.05, 0.1) is 6.61 Å². The predicted octanol–water partition coefficient (Wildman–Crippen LogP) is 4.26. The first-order valence-corrected chi connectivity index (χ1v) is 9.38. The van der Waals surface area contributed by atoms with Crippen molar-refractivity contribution >= 4 is 17.9 Å². The Hall–Kier alpha value is -2.87. The van der Waals surface area contributed by atoms with E-state index in [9.17, 15) is 14.9 Å². The number of nitriles is 1. The van der Waals surface area contributed by atoms with Gasteiger partial charge in [0.1, 0.15) is 17.4 Å². The van der Waals surface area contributed by atoms with E-state index in [0.29, 0.717) is 24.2 Å². The van der Waals surface area contributed by atoms with Crippen LogP contribution in [-0.2, 0) is 9.59 Å². The van der Waals surface area contributed by atoms with Gasteiger partial charge in [-0.25, -0.2) is 0 Å². The maximum Gasteiger partial charge on any atom is 0.271 e. The third kappa shape index (κ3) is 4.46. The van der Waals surface area contributed by atoms with Crippen molar-refractivity contribution in [3.05, 3.63) is 46.5 Å². The summed E-state index contributed by atoms with van der Waals surface area (Å²) < 4.78 is 5.65. The van der Waals surface area contributed by atoms with Gasteiger partial charge < -0.3 is 4.74 Å². The molecule has 5 heteroatoms. The van der Waals surface area contributed by atoms with E-state index in [2.05, 4.69) is 6.92 Å². The summed E-state index contributed by atoms with van der Waals surface area (Å²) in [5.41, 5.74) is 1.65. The molecule has 1 aliphatic rings. The highest BCUT2D eigenvalue weighted by atomic mass is 16.5. The summed E-state index contributed by atoms with van der Waals surface area (Å²) in [6.07, 6.45) is 4.43. The molecule has 0 N–H and O–H groups in total. The van der Waals surface area contributed by atoms with Gasteiger partial charge in [-0.15, -0.1) is 0 Å². The average molecular weight is 366 g/mol. The Kier molecular flexibility index (Phi) is 6.95. The second-order valence-electron chi connectivity index (χ2n) is 6.68. The number of amides is 2. The lowest BCUT2D eigenvalue weighted by Gasteiger charge is -2.31. The lowest BCUT2D eigenvalue weighted by atomic mass is 9.92. The lowest BCUT2D eigenvalue weighted by Crippen LogP contribution is -2.47. The Morgan fingerprint density at radius 2 is 1.85 bits per heavy atom. The molecule has 0 radical (unpaired) electrons. The van der Waals surface area contributed by atoms with Gasteiger partial charge in [-0.2, -0.15) is 5.26 Å². The number of hydrogen-bond acceptors (Lipinski definition) is 4. The van der Waals surface area contributed by atoms with Crippen molar-refractivity contribution in [3.8, 4) is 11.8 Å². The zero-order valence-corrected chi connectivity index (χ0v) is 16.4. The fraction of sp³-hybridized carbons (Fsp3) is 0.409. The number of nitrogens with zero attached hydrogens (tertiary/aromatic N) is 2. The molecule has 1 heterocycles. The first-order valence-electron chi connectivity index (χ1n) is 9.38. The Morgan fingerprint density at radius 1 is 1.19 bits per heavy atom. The number of ether oxygens (including phenoxy) is 1. The SMILES string of the molecule is CCCCOc1ccc(/C=C2/C(=O)N(C(C)CC)C(=O)C(C#N)=C2C)cc1. The van der Waals surface area contributed by atoms with Crippen LogP contribution < -0.4 is 4.74 Å². The Bertz CT molecular complexity index is 813. The summed E-state index contributed by atoms with van der Waals surface area (Å²) in [7, 11) is 0. The molecule has 0 saturated heterocycles. The molecule has 142 valence electrons. The number of carbonyl (C=O) groups excluding carboxylic acids is 2. The summed E-state index contributed by atoms with van der Waals surface area (Å²) in [6.45, 7) is 8.15. The fourth-order valence-corrected chi connectivity index (χ4v) is 2.84. The molecule has 0 aliphatic carbocycles. The Labute approximate surface area is 160 Å². The normalized spacial score (nSPS) is 17.3. The number of carbonyl (C=O) groups is 2. The summed E-state index contributed by atoms with van der Waals surface area (Å²) in [5.74, 6) is -0.0812. The van der Waals surface area contributed by atoms with Crippen LogP contribution in [0.1, 0.15) is 52.5 Å². The molecule has 1 aromatic rings. The van der Waals surface area contributed by atoms with Crippen LogP contribution in [0.4, 0.5) is 0 Å². The van der Waals surface area contributed by atoms with Gasteiger partial charge in [0.15, 0.2) is 0 Å². The third-order valence-corrected chi connectivity index (χ3v) is 4.76. The van der Waals surface area contributed by atoms with E-state index in [-0.39, 0.29) is 17.5 Å². The Morgan fingerprint density at radius 3 is 2.41 bits per heavy atom. The Balaban J connectivity index is 2.37. The van der Waals surface area contributed by atoms with E-state index in [4.69, 9.17) is 4.74 Å². The van der Waals surface area contributed by atoms with Crippen molar-refractivity contribution in [2.24, 2.45) is 0 Å². The zero-order valence-electron chi connectivity index (χ0n) is 16.4. The van der Waals surface area contributed by atoms with Crippen molar-refractivity contribution < 1.29 is 14.3 Å². The number of benzene rings is 1. The van der Waals surface area contributed by atoms with Crippen molar-refractivity contribution in [1.82, 2.24) is 4.90 Å². The second kappa shape index (κ2) is 9.18. The molecule has 2 amide bonds. The van der Waals surface area contributed by atoms with Crippen LogP contribution in [0.25, 0.3) is 6.08 Å². The molecular weight excluding hydrogens is 340 g/mol. The van der Waals surface area contributed by atoms with E-state index in [0.717, 1.165) is 24.2 Å². The largest absolute Gasteiger partial charge is 0.494 e. The first kappa shape index (κ1) is 20.4. The van der Waals surface area contributed by atoms with Crippen molar-refractivity contribution in [3.63, 3.8) is 0 Å². The van der Waals surface area contributed by atoms with E-state index in [1.54, 1.807) is 13.0 Å². The minimum atomic E-state index is -0.508. The van der Waals surface area contributed by atoms with Crippen LogP contribution in [0.2, 0.25) is 0 Å². The molecular formula is C22H26N2O3. The lowest BCUT2D eigenvalue weighted by molar-refractivity contribution is -0.142. The maximum atomic E-state index is 12.9. The van der Waals surface area contributed by atoms with Gasteiger partial charge in [-0.1, -0.05) is 32.4 Å². The van der Waals surface area contributed by atoms with Gasteiger partial charge in [-0.3, -0.25) is 14.5 Å². The van der Waals surface area contributed by atoms with Crippen LogP contribution in [-0.4, -0.2) is 29.4 Å². The van der Waals surface area contributed by atoms with Gasteiger partial charge in [0.25, 0.3) is 11.8 Å². The van der Waals surface area contributed by atoms with E-state index in [1.807, 2.05) is 44.2 Å². The second-order valence-corrected chi connectivity index (χ2v) is 6.68. The minimum Gasteiger partial charge on any atom is -0.494 e. The summed E-state index contributed by atoms with van der Waals surface area (Å²) >= 11 is 0. The van der Waals surface area contributed by atoms with Gasteiger partial charge >= 0.3 is 0 Å². The molecule has 0 saturated carbocycles. The van der Waals surface area contributed by atoms with Gasteiger partial charge in [0, 0.05) is 11.6 Å². The number of hydrogen-bond donors (Lipinski definition) is 0. The molecule has 0 spiro atoms. The standard InChI is InChI=1S/C22H26N2O3/c1-5-7-12-27-18-10-8-17(9-11-18)13-19-16(4)20(14-23)22(26)24(21(19)25)15(3)6-2/h8-11,13,15H,5-7,12H2,1-4H3/b19-13+. The molecule has 0 fully saturated rings. The van der Waals surface area contributed by atoms with Crippen molar-refractivity contribution in [2.45, 2.75) is 53.0 Å². The zero-order chi connectivity index (χ0) is 20.0. The average Bonchev–Trinajstić information content (AvgIpc) is 2.66. The van der Waals surface area contributed by atoms with Crippen molar-refractivity contribution in [2.75, 3.05) is 6.61 Å². The van der Waals surface area contributed by atoms with Crippen LogP contribution in [0.15, 0.2) is 41.0 Å². The van der Waals surface area contributed by atoms with E-state index >= 15 is 0 Å². The maximum absolute atomic E-state index is 12.9. The van der Waals surface area contributed by atoms with E-state index < -0.39 is 5.91 Å². The highest BCUT2D eigenvalue weighted by Crippen LogP contribution is 2.29. The predicted molar refractivity (Wildman–Crippen MR) is 105 cm³/mol. The van der Waals surface area contributed by atoms with E-state index in [1.165, 1.54) is 4.90 Å². The first-order chi connectivity index (χ1) is 12.9. The highest BCUT2D eigenvalue weighted by molar-refractivity contribution is 6.19. The topological polar surface area (TPSA) is 70.4 Å². The molecule has 5 nitrogen and oxygen atoms in total. The fourth-order valence-electron chi connectivity index (χ4n) is 2.84.